The van der Waals surface area contributed by atoms with Gasteiger partial charge in [-0.1, -0.05) is 44.4 Å². The van der Waals surface area contributed by atoms with Gasteiger partial charge in [-0.05, 0) is 62.3 Å². The zero-order chi connectivity index (χ0) is 14.0. The molecule has 0 aromatic heterocycles. The van der Waals surface area contributed by atoms with Gasteiger partial charge in [-0.3, -0.25) is 0 Å². The lowest BCUT2D eigenvalue weighted by Gasteiger charge is -2.37. The van der Waals surface area contributed by atoms with E-state index in [1.165, 1.54) is 42.4 Å². The van der Waals surface area contributed by atoms with Crippen LogP contribution >= 0.6 is 0 Å². The van der Waals surface area contributed by atoms with Gasteiger partial charge in [0.1, 0.15) is 0 Å². The summed E-state index contributed by atoms with van der Waals surface area (Å²) < 4.78 is 0. The van der Waals surface area contributed by atoms with Gasteiger partial charge < -0.3 is 5.32 Å². The SMILES string of the molecule is CCNC(c1c(C)cc(C)cc1C)C1(C)CCCC1. The van der Waals surface area contributed by atoms with Gasteiger partial charge in [-0.25, -0.2) is 0 Å². The van der Waals surface area contributed by atoms with Crippen LogP contribution in [0.5, 0.6) is 0 Å². The third kappa shape index (κ3) is 2.86. The average Bonchev–Trinajstić information content (AvgIpc) is 2.75. The van der Waals surface area contributed by atoms with Gasteiger partial charge in [0, 0.05) is 6.04 Å². The maximum Gasteiger partial charge on any atom is 0.0379 e. The molecule has 1 nitrogen and oxygen atoms in total. The molecule has 2 rings (SSSR count). The molecule has 1 unspecified atom stereocenters. The Labute approximate surface area is 118 Å². The fourth-order valence-corrected chi connectivity index (χ4v) is 4.02. The molecule has 1 fully saturated rings. The minimum atomic E-state index is 0.431. The van der Waals surface area contributed by atoms with Crippen molar-refractivity contribution in [2.45, 2.75) is 66.3 Å². The molecule has 0 amide bonds. The molecule has 0 bridgehead atoms. The molecule has 1 saturated carbocycles. The number of rotatable bonds is 4. The van der Waals surface area contributed by atoms with Gasteiger partial charge in [0.15, 0.2) is 0 Å². The molecule has 1 heteroatoms. The second-order valence-electron chi connectivity index (χ2n) is 6.66. The van der Waals surface area contributed by atoms with Crippen molar-refractivity contribution in [1.29, 1.82) is 0 Å². The molecule has 0 heterocycles. The Morgan fingerprint density at radius 3 is 2.11 bits per heavy atom. The summed E-state index contributed by atoms with van der Waals surface area (Å²) in [4.78, 5) is 0. The van der Waals surface area contributed by atoms with E-state index in [-0.39, 0.29) is 0 Å². The largest absolute Gasteiger partial charge is 0.310 e. The van der Waals surface area contributed by atoms with Gasteiger partial charge in [-0.15, -0.1) is 0 Å². The Kier molecular flexibility index (Phi) is 4.35. The first kappa shape index (κ1) is 14.6. The number of hydrogen-bond donors (Lipinski definition) is 1. The first-order valence-electron chi connectivity index (χ1n) is 7.79. The van der Waals surface area contributed by atoms with E-state index < -0.39 is 0 Å². The number of benzene rings is 1. The summed E-state index contributed by atoms with van der Waals surface area (Å²) in [5.74, 6) is 0. The fraction of sp³-hybridized carbons (Fsp3) is 0.667. The van der Waals surface area contributed by atoms with Crippen molar-refractivity contribution in [3.8, 4) is 0 Å². The maximum absolute atomic E-state index is 3.78. The zero-order valence-electron chi connectivity index (χ0n) is 13.3. The first-order chi connectivity index (χ1) is 8.98. The van der Waals surface area contributed by atoms with Crippen molar-refractivity contribution in [2.24, 2.45) is 5.41 Å². The topological polar surface area (TPSA) is 12.0 Å². The summed E-state index contributed by atoms with van der Waals surface area (Å²) in [7, 11) is 0. The molecule has 1 aliphatic carbocycles. The van der Waals surface area contributed by atoms with Gasteiger partial charge in [0.2, 0.25) is 0 Å². The summed E-state index contributed by atoms with van der Waals surface area (Å²) in [6.45, 7) is 12.5. The van der Waals surface area contributed by atoms with Gasteiger partial charge in [0.25, 0.3) is 0 Å². The highest BCUT2D eigenvalue weighted by Gasteiger charge is 2.38. The van der Waals surface area contributed by atoms with E-state index in [2.05, 4.69) is 52.1 Å². The standard InChI is InChI=1S/C18H29N/c1-6-19-17(18(5)9-7-8-10-18)16-14(3)11-13(2)12-15(16)4/h11-12,17,19H,6-10H2,1-5H3. The summed E-state index contributed by atoms with van der Waals surface area (Å²) in [5.41, 5.74) is 6.27. The third-order valence-electron chi connectivity index (χ3n) is 4.88. The van der Waals surface area contributed by atoms with Crippen molar-refractivity contribution in [2.75, 3.05) is 6.54 Å². The second-order valence-corrected chi connectivity index (χ2v) is 6.66. The van der Waals surface area contributed by atoms with E-state index >= 15 is 0 Å². The van der Waals surface area contributed by atoms with Gasteiger partial charge in [-0.2, -0.15) is 0 Å². The molecule has 1 aromatic rings. The van der Waals surface area contributed by atoms with Gasteiger partial charge >= 0.3 is 0 Å². The normalized spacial score (nSPS) is 19.6. The highest BCUT2D eigenvalue weighted by molar-refractivity contribution is 5.40. The smallest absolute Gasteiger partial charge is 0.0379 e. The maximum atomic E-state index is 3.78. The Morgan fingerprint density at radius 2 is 1.63 bits per heavy atom. The molecule has 106 valence electrons. The molecule has 1 atom stereocenters. The molecular weight excluding hydrogens is 230 g/mol. The fourth-order valence-electron chi connectivity index (χ4n) is 4.02. The minimum Gasteiger partial charge on any atom is -0.310 e. The number of nitrogens with one attached hydrogen (secondary N) is 1. The van der Waals surface area contributed by atoms with Crippen molar-refractivity contribution >= 4 is 0 Å². The third-order valence-corrected chi connectivity index (χ3v) is 4.88. The first-order valence-corrected chi connectivity index (χ1v) is 7.79. The summed E-state index contributed by atoms with van der Waals surface area (Å²) in [6, 6.07) is 5.19. The Balaban J connectivity index is 2.44. The molecule has 0 saturated heterocycles. The summed E-state index contributed by atoms with van der Waals surface area (Å²) >= 11 is 0. The van der Waals surface area contributed by atoms with Crippen LogP contribution in [0.4, 0.5) is 0 Å². The van der Waals surface area contributed by atoms with E-state index in [1.807, 2.05) is 0 Å². The average molecular weight is 259 g/mol. The van der Waals surface area contributed by atoms with E-state index in [0.717, 1.165) is 6.54 Å². The van der Waals surface area contributed by atoms with Crippen LogP contribution < -0.4 is 5.32 Å². The van der Waals surface area contributed by atoms with E-state index in [4.69, 9.17) is 0 Å². The molecule has 0 spiro atoms. The van der Waals surface area contributed by atoms with Crippen molar-refractivity contribution in [1.82, 2.24) is 5.32 Å². The zero-order valence-corrected chi connectivity index (χ0v) is 13.3. The van der Waals surface area contributed by atoms with Crippen LogP contribution in [-0.4, -0.2) is 6.54 Å². The minimum absolute atomic E-state index is 0.431. The van der Waals surface area contributed by atoms with Crippen LogP contribution in [0.15, 0.2) is 12.1 Å². The van der Waals surface area contributed by atoms with Crippen LogP contribution in [0.1, 0.15) is 67.8 Å². The summed E-state index contributed by atoms with van der Waals surface area (Å²) in [5, 5.41) is 3.78. The van der Waals surface area contributed by atoms with Crippen LogP contribution in [0.25, 0.3) is 0 Å². The van der Waals surface area contributed by atoms with Gasteiger partial charge in [0.05, 0.1) is 0 Å². The van der Waals surface area contributed by atoms with Crippen molar-refractivity contribution < 1.29 is 0 Å². The molecule has 1 N–H and O–H groups in total. The van der Waals surface area contributed by atoms with E-state index in [1.54, 1.807) is 5.56 Å². The predicted octanol–water partition coefficient (Wildman–Crippen LogP) is 4.84. The molecule has 0 aliphatic heterocycles. The monoisotopic (exact) mass is 259 g/mol. The Bertz CT molecular complexity index is 418. The molecule has 1 aromatic carbocycles. The highest BCUT2D eigenvalue weighted by atomic mass is 14.9. The van der Waals surface area contributed by atoms with Crippen LogP contribution in [-0.2, 0) is 0 Å². The molecule has 19 heavy (non-hydrogen) atoms. The second kappa shape index (κ2) is 5.66. The van der Waals surface area contributed by atoms with Crippen LogP contribution in [0.2, 0.25) is 0 Å². The molecule has 0 radical (unpaired) electrons. The van der Waals surface area contributed by atoms with E-state index in [9.17, 15) is 0 Å². The quantitative estimate of drug-likeness (QED) is 0.815. The Morgan fingerprint density at radius 1 is 1.11 bits per heavy atom. The lowest BCUT2D eigenvalue weighted by Crippen LogP contribution is -2.35. The number of hydrogen-bond acceptors (Lipinski definition) is 1. The van der Waals surface area contributed by atoms with Crippen molar-refractivity contribution in [3.63, 3.8) is 0 Å². The predicted molar refractivity (Wildman–Crippen MR) is 83.6 cm³/mol. The number of aryl methyl sites for hydroxylation is 3. The van der Waals surface area contributed by atoms with Crippen LogP contribution in [0.3, 0.4) is 0 Å². The lowest BCUT2D eigenvalue weighted by atomic mass is 9.74. The van der Waals surface area contributed by atoms with Crippen molar-refractivity contribution in [3.05, 3.63) is 34.4 Å². The molecular formula is C18H29N. The lowest BCUT2D eigenvalue weighted by molar-refractivity contribution is 0.224. The molecule has 1 aliphatic rings. The van der Waals surface area contributed by atoms with Crippen LogP contribution in [0, 0.1) is 26.2 Å². The Hall–Kier alpha value is -0.820. The highest BCUT2D eigenvalue weighted by Crippen LogP contribution is 2.48. The van der Waals surface area contributed by atoms with E-state index in [0.29, 0.717) is 11.5 Å². The summed E-state index contributed by atoms with van der Waals surface area (Å²) in [6.07, 6.45) is 5.50.